The highest BCUT2D eigenvalue weighted by molar-refractivity contribution is 6.44. The summed E-state index contributed by atoms with van der Waals surface area (Å²) in [5.41, 5.74) is 0. The fraction of sp³-hybridized carbons (Fsp3) is 1.00. The lowest BCUT2D eigenvalue weighted by atomic mass is 10.2. The number of morpholine rings is 1. The van der Waals surface area contributed by atoms with Crippen LogP contribution in [0.15, 0.2) is 0 Å². The molecule has 0 aromatic heterocycles. The van der Waals surface area contributed by atoms with Crippen molar-refractivity contribution in [3.63, 3.8) is 0 Å². The lowest BCUT2D eigenvalue weighted by Gasteiger charge is -2.35. The fourth-order valence-corrected chi connectivity index (χ4v) is 2.02. The number of nitrogens with zero attached hydrogens (tertiary/aromatic N) is 1. The number of rotatable bonds is 2. The molecule has 0 aromatic carbocycles. The van der Waals surface area contributed by atoms with E-state index in [1.165, 1.54) is 0 Å². The monoisotopic (exact) mass is 211 g/mol. The van der Waals surface area contributed by atoms with Crippen LogP contribution < -0.4 is 0 Å². The average molecular weight is 212 g/mol. The van der Waals surface area contributed by atoms with Crippen molar-refractivity contribution in [3.05, 3.63) is 0 Å². The van der Waals surface area contributed by atoms with E-state index in [4.69, 9.17) is 27.9 Å². The zero-order valence-electron chi connectivity index (χ0n) is 7.46. The summed E-state index contributed by atoms with van der Waals surface area (Å²) in [4.78, 5) is 1.95. The van der Waals surface area contributed by atoms with Crippen LogP contribution in [0.4, 0.5) is 0 Å². The van der Waals surface area contributed by atoms with Crippen LogP contribution in [-0.4, -0.2) is 41.6 Å². The Morgan fingerprint density at radius 3 is 2.25 bits per heavy atom. The molecule has 0 spiro atoms. The summed E-state index contributed by atoms with van der Waals surface area (Å²) in [7, 11) is 0. The van der Waals surface area contributed by atoms with Crippen molar-refractivity contribution in [1.82, 2.24) is 4.90 Å². The van der Waals surface area contributed by atoms with Crippen LogP contribution in [0.25, 0.3) is 0 Å². The van der Waals surface area contributed by atoms with Crippen molar-refractivity contribution in [3.8, 4) is 0 Å². The van der Waals surface area contributed by atoms with Gasteiger partial charge in [0.25, 0.3) is 0 Å². The SMILES string of the molecule is CC1CN(CC(Cl)Cl)CC(C)O1. The molecular weight excluding hydrogens is 197 g/mol. The van der Waals surface area contributed by atoms with Crippen molar-refractivity contribution in [1.29, 1.82) is 0 Å². The predicted molar refractivity (Wildman–Crippen MR) is 51.9 cm³/mol. The van der Waals surface area contributed by atoms with Gasteiger partial charge in [-0.15, -0.1) is 23.2 Å². The molecule has 12 heavy (non-hydrogen) atoms. The van der Waals surface area contributed by atoms with Crippen LogP contribution in [0.5, 0.6) is 0 Å². The van der Waals surface area contributed by atoms with Crippen molar-refractivity contribution in [2.45, 2.75) is 30.9 Å². The first-order valence-corrected chi connectivity index (χ1v) is 5.11. The summed E-state index contributed by atoms with van der Waals surface area (Å²) in [5.74, 6) is 0. The van der Waals surface area contributed by atoms with Gasteiger partial charge in [0, 0.05) is 19.6 Å². The van der Waals surface area contributed by atoms with Crippen molar-refractivity contribution < 1.29 is 4.74 Å². The van der Waals surface area contributed by atoms with Gasteiger partial charge in [-0.2, -0.15) is 0 Å². The molecule has 0 amide bonds. The third-order valence-electron chi connectivity index (χ3n) is 1.89. The minimum Gasteiger partial charge on any atom is -0.373 e. The Balaban J connectivity index is 2.34. The van der Waals surface area contributed by atoms with E-state index < -0.39 is 0 Å². The van der Waals surface area contributed by atoms with Gasteiger partial charge in [0.15, 0.2) is 0 Å². The first kappa shape index (κ1) is 10.6. The van der Waals surface area contributed by atoms with Crippen LogP contribution in [0, 0.1) is 0 Å². The average Bonchev–Trinajstić information content (AvgIpc) is 1.81. The van der Waals surface area contributed by atoms with Crippen LogP contribution in [-0.2, 0) is 4.74 Å². The smallest absolute Gasteiger partial charge is 0.120 e. The number of halogens is 2. The maximum absolute atomic E-state index is 5.69. The predicted octanol–water partition coefficient (Wildman–Crippen LogP) is 1.90. The summed E-state index contributed by atoms with van der Waals surface area (Å²) < 4.78 is 5.57. The van der Waals surface area contributed by atoms with Crippen LogP contribution in [0.2, 0.25) is 0 Å². The quantitative estimate of drug-likeness (QED) is 0.648. The first-order valence-electron chi connectivity index (χ1n) is 4.24. The number of alkyl halides is 2. The lowest BCUT2D eigenvalue weighted by Crippen LogP contribution is -2.46. The van der Waals surface area contributed by atoms with E-state index in [-0.39, 0.29) is 4.84 Å². The molecule has 0 saturated carbocycles. The fourth-order valence-electron chi connectivity index (χ4n) is 1.63. The summed E-state index contributed by atoms with van der Waals surface area (Å²) >= 11 is 11.4. The van der Waals surface area contributed by atoms with E-state index in [0.717, 1.165) is 19.6 Å². The second kappa shape index (κ2) is 4.66. The molecule has 0 aromatic rings. The zero-order chi connectivity index (χ0) is 9.14. The lowest BCUT2D eigenvalue weighted by molar-refractivity contribution is -0.0667. The molecular formula is C8H15Cl2NO. The Bertz CT molecular complexity index is 130. The number of hydrogen-bond donors (Lipinski definition) is 0. The maximum Gasteiger partial charge on any atom is 0.120 e. The van der Waals surface area contributed by atoms with Gasteiger partial charge < -0.3 is 4.74 Å². The minimum atomic E-state index is -0.289. The van der Waals surface area contributed by atoms with E-state index in [1.54, 1.807) is 0 Å². The molecule has 1 fully saturated rings. The zero-order valence-corrected chi connectivity index (χ0v) is 8.98. The van der Waals surface area contributed by atoms with Gasteiger partial charge in [-0.05, 0) is 13.8 Å². The van der Waals surface area contributed by atoms with E-state index >= 15 is 0 Å². The van der Waals surface area contributed by atoms with E-state index in [2.05, 4.69) is 18.7 Å². The summed E-state index contributed by atoms with van der Waals surface area (Å²) in [6.07, 6.45) is 0.585. The molecule has 1 aliphatic rings. The van der Waals surface area contributed by atoms with E-state index in [9.17, 15) is 0 Å². The first-order chi connectivity index (χ1) is 5.58. The summed E-state index contributed by atoms with van der Waals surface area (Å²) in [6.45, 7) is 6.74. The van der Waals surface area contributed by atoms with Gasteiger partial charge in [-0.1, -0.05) is 0 Å². The third kappa shape index (κ3) is 3.48. The standard InChI is InChI=1S/C8H15Cl2NO/c1-6-3-11(5-8(9)10)4-7(2)12-6/h6-8H,3-5H2,1-2H3. The van der Waals surface area contributed by atoms with Crippen molar-refractivity contribution in [2.75, 3.05) is 19.6 Å². The van der Waals surface area contributed by atoms with Crippen LogP contribution in [0.1, 0.15) is 13.8 Å². The summed E-state index contributed by atoms with van der Waals surface area (Å²) in [6, 6.07) is 0. The molecule has 0 radical (unpaired) electrons. The van der Waals surface area contributed by atoms with Crippen LogP contribution in [0.3, 0.4) is 0 Å². The van der Waals surface area contributed by atoms with Gasteiger partial charge in [0.2, 0.25) is 0 Å². The molecule has 4 heteroatoms. The van der Waals surface area contributed by atoms with Gasteiger partial charge in [0.05, 0.1) is 12.2 Å². The number of hydrogen-bond acceptors (Lipinski definition) is 2. The second-order valence-corrected chi connectivity index (χ2v) is 4.64. The normalized spacial score (nSPS) is 32.8. The molecule has 0 aliphatic carbocycles. The third-order valence-corrected chi connectivity index (χ3v) is 2.17. The minimum absolute atomic E-state index is 0.289. The highest BCUT2D eigenvalue weighted by atomic mass is 35.5. The molecule has 2 atom stereocenters. The van der Waals surface area contributed by atoms with Crippen LogP contribution >= 0.6 is 23.2 Å². The van der Waals surface area contributed by atoms with Crippen molar-refractivity contribution in [2.24, 2.45) is 0 Å². The molecule has 2 nitrogen and oxygen atoms in total. The van der Waals surface area contributed by atoms with Gasteiger partial charge in [-0.3, -0.25) is 4.90 Å². The highest BCUT2D eigenvalue weighted by Gasteiger charge is 2.22. The van der Waals surface area contributed by atoms with Gasteiger partial charge in [0.1, 0.15) is 4.84 Å². The molecule has 0 bridgehead atoms. The van der Waals surface area contributed by atoms with Gasteiger partial charge in [-0.25, -0.2) is 0 Å². The molecule has 72 valence electrons. The molecule has 1 aliphatic heterocycles. The molecule has 0 N–H and O–H groups in total. The molecule has 1 heterocycles. The molecule has 2 unspecified atom stereocenters. The van der Waals surface area contributed by atoms with Gasteiger partial charge >= 0.3 is 0 Å². The number of ether oxygens (including phenoxy) is 1. The molecule has 1 saturated heterocycles. The van der Waals surface area contributed by atoms with E-state index in [1.807, 2.05) is 0 Å². The highest BCUT2D eigenvalue weighted by Crippen LogP contribution is 2.13. The Labute approximate surface area is 83.8 Å². The van der Waals surface area contributed by atoms with Crippen molar-refractivity contribution >= 4 is 23.2 Å². The summed E-state index contributed by atoms with van der Waals surface area (Å²) in [5, 5.41) is 0. The Morgan fingerprint density at radius 2 is 1.83 bits per heavy atom. The molecule has 1 rings (SSSR count). The van der Waals surface area contributed by atoms with E-state index in [0.29, 0.717) is 12.2 Å². The Morgan fingerprint density at radius 1 is 1.33 bits per heavy atom. The Hall–Kier alpha value is 0.500. The maximum atomic E-state index is 5.69. The topological polar surface area (TPSA) is 12.5 Å². The largest absolute Gasteiger partial charge is 0.373 e. The Kier molecular flexibility index (Phi) is 4.11. The second-order valence-electron chi connectivity index (χ2n) is 3.37.